The van der Waals surface area contributed by atoms with Crippen LogP contribution in [0.15, 0.2) is 55.1 Å². The zero-order valence-electron chi connectivity index (χ0n) is 12.4. The van der Waals surface area contributed by atoms with Crippen molar-refractivity contribution < 1.29 is 9.72 Å². The van der Waals surface area contributed by atoms with Gasteiger partial charge in [-0.25, -0.2) is 14.6 Å². The number of amides is 1. The minimum absolute atomic E-state index is 0.0150. The Morgan fingerprint density at radius 1 is 1.25 bits per heavy atom. The van der Waals surface area contributed by atoms with Crippen LogP contribution in [0, 0.1) is 10.1 Å². The van der Waals surface area contributed by atoms with Crippen molar-refractivity contribution in [1.29, 1.82) is 0 Å². The molecule has 0 saturated carbocycles. The van der Waals surface area contributed by atoms with E-state index in [1.165, 1.54) is 18.5 Å². The molecule has 0 aliphatic carbocycles. The number of carbonyl (C=O) groups is 1. The lowest BCUT2D eigenvalue weighted by molar-refractivity contribution is -0.384. The first kappa shape index (κ1) is 15.3. The molecule has 0 unspecified atom stereocenters. The third kappa shape index (κ3) is 3.58. The Labute approximate surface area is 136 Å². The number of benzene rings is 1. The van der Waals surface area contributed by atoms with E-state index in [1.54, 1.807) is 41.3 Å². The van der Waals surface area contributed by atoms with Crippen LogP contribution in [0.4, 0.5) is 11.5 Å². The lowest BCUT2D eigenvalue weighted by Gasteiger charge is -2.06. The Morgan fingerprint density at radius 3 is 2.71 bits per heavy atom. The van der Waals surface area contributed by atoms with Gasteiger partial charge in [0.15, 0.2) is 5.82 Å². The van der Waals surface area contributed by atoms with E-state index in [1.807, 2.05) is 0 Å². The number of anilines is 1. The van der Waals surface area contributed by atoms with Gasteiger partial charge in [-0.3, -0.25) is 14.9 Å². The van der Waals surface area contributed by atoms with Gasteiger partial charge in [0.25, 0.3) is 5.69 Å². The first-order chi connectivity index (χ1) is 11.6. The van der Waals surface area contributed by atoms with Gasteiger partial charge in [0.2, 0.25) is 5.91 Å². The zero-order valence-corrected chi connectivity index (χ0v) is 12.4. The molecule has 24 heavy (non-hydrogen) atoms. The summed E-state index contributed by atoms with van der Waals surface area (Å²) in [6, 6.07) is 9.18. The summed E-state index contributed by atoms with van der Waals surface area (Å²) < 4.78 is 1.55. The molecule has 9 nitrogen and oxygen atoms in total. The highest BCUT2D eigenvalue weighted by Crippen LogP contribution is 2.13. The quantitative estimate of drug-likeness (QED) is 0.564. The average molecular weight is 324 g/mol. The van der Waals surface area contributed by atoms with E-state index in [0.717, 1.165) is 0 Å². The molecule has 0 atom stereocenters. The van der Waals surface area contributed by atoms with Crippen molar-refractivity contribution in [3.05, 3.63) is 70.8 Å². The first-order valence-corrected chi connectivity index (χ1v) is 6.97. The summed E-state index contributed by atoms with van der Waals surface area (Å²) in [6.07, 6.45) is 4.76. The van der Waals surface area contributed by atoms with Crippen molar-refractivity contribution >= 4 is 17.4 Å². The zero-order chi connectivity index (χ0) is 16.9. The van der Waals surface area contributed by atoms with E-state index in [2.05, 4.69) is 20.4 Å². The van der Waals surface area contributed by atoms with Crippen molar-refractivity contribution in [3.8, 4) is 5.82 Å². The van der Waals surface area contributed by atoms with Crippen molar-refractivity contribution in [3.63, 3.8) is 0 Å². The standard InChI is InChI=1S/C15H12N6O3/c22-15(8-11-2-4-12(5-3-11)21(23)24)19-13-9-14(17-10-16-13)20-7-1-6-18-20/h1-7,9-10H,8H2,(H,16,17,19,22). The van der Waals surface area contributed by atoms with Gasteiger partial charge in [0.05, 0.1) is 11.3 Å². The third-order valence-corrected chi connectivity index (χ3v) is 3.17. The minimum atomic E-state index is -0.485. The number of aromatic nitrogens is 4. The Balaban J connectivity index is 1.66. The number of carbonyl (C=O) groups excluding carboxylic acids is 1. The first-order valence-electron chi connectivity index (χ1n) is 6.97. The van der Waals surface area contributed by atoms with Crippen LogP contribution < -0.4 is 5.32 Å². The molecule has 0 bridgehead atoms. The van der Waals surface area contributed by atoms with E-state index < -0.39 is 4.92 Å². The second kappa shape index (κ2) is 6.65. The van der Waals surface area contributed by atoms with Crippen LogP contribution in [0.3, 0.4) is 0 Å². The fourth-order valence-electron chi connectivity index (χ4n) is 2.05. The Bertz CT molecular complexity index is 861. The lowest BCUT2D eigenvalue weighted by Crippen LogP contribution is -2.16. The van der Waals surface area contributed by atoms with Gasteiger partial charge >= 0.3 is 0 Å². The summed E-state index contributed by atoms with van der Waals surface area (Å²) in [5.41, 5.74) is 0.651. The molecular weight excluding hydrogens is 312 g/mol. The SMILES string of the molecule is O=C(Cc1ccc([N+](=O)[O-])cc1)Nc1cc(-n2cccn2)ncn1. The molecule has 2 aromatic heterocycles. The van der Waals surface area contributed by atoms with Gasteiger partial charge in [-0.15, -0.1) is 0 Å². The molecule has 0 spiro atoms. The lowest BCUT2D eigenvalue weighted by atomic mass is 10.1. The van der Waals surface area contributed by atoms with Gasteiger partial charge in [-0.2, -0.15) is 5.10 Å². The molecular formula is C15H12N6O3. The average Bonchev–Trinajstić information content (AvgIpc) is 3.10. The highest BCUT2D eigenvalue weighted by atomic mass is 16.6. The molecule has 1 N–H and O–H groups in total. The molecule has 1 amide bonds. The summed E-state index contributed by atoms with van der Waals surface area (Å²) in [4.78, 5) is 30.3. The molecule has 0 radical (unpaired) electrons. The van der Waals surface area contributed by atoms with Crippen LogP contribution >= 0.6 is 0 Å². The molecule has 3 aromatic rings. The Hall–Kier alpha value is -3.62. The van der Waals surface area contributed by atoms with Crippen LogP contribution in [0.5, 0.6) is 0 Å². The maximum atomic E-state index is 12.1. The maximum absolute atomic E-state index is 12.1. The fourth-order valence-corrected chi connectivity index (χ4v) is 2.05. The number of hydrogen-bond acceptors (Lipinski definition) is 6. The number of nitro benzene ring substituents is 1. The normalized spacial score (nSPS) is 10.3. The van der Waals surface area contributed by atoms with Crippen LogP contribution in [0.2, 0.25) is 0 Å². The largest absolute Gasteiger partial charge is 0.310 e. The number of nitrogens with zero attached hydrogens (tertiary/aromatic N) is 5. The summed E-state index contributed by atoms with van der Waals surface area (Å²) in [5.74, 6) is 0.594. The Kier molecular flexibility index (Phi) is 4.23. The van der Waals surface area contributed by atoms with E-state index in [0.29, 0.717) is 17.2 Å². The molecule has 1 aromatic carbocycles. The second-order valence-corrected chi connectivity index (χ2v) is 4.86. The number of hydrogen-bond donors (Lipinski definition) is 1. The van der Waals surface area contributed by atoms with Crippen molar-refractivity contribution in [2.75, 3.05) is 5.32 Å². The molecule has 120 valence electrons. The van der Waals surface area contributed by atoms with E-state index in [-0.39, 0.29) is 18.0 Å². The molecule has 0 aliphatic rings. The molecule has 9 heteroatoms. The highest BCUT2D eigenvalue weighted by molar-refractivity contribution is 5.91. The van der Waals surface area contributed by atoms with Crippen molar-refractivity contribution in [1.82, 2.24) is 19.7 Å². The molecule has 0 aliphatic heterocycles. The monoisotopic (exact) mass is 324 g/mol. The van der Waals surface area contributed by atoms with Gasteiger partial charge in [-0.1, -0.05) is 12.1 Å². The summed E-state index contributed by atoms with van der Waals surface area (Å²) in [7, 11) is 0. The topological polar surface area (TPSA) is 116 Å². The number of nitrogens with one attached hydrogen (secondary N) is 1. The number of nitro groups is 1. The van der Waals surface area contributed by atoms with Crippen LogP contribution in [0.1, 0.15) is 5.56 Å². The van der Waals surface area contributed by atoms with Gasteiger partial charge in [0.1, 0.15) is 12.1 Å². The predicted molar refractivity (Wildman–Crippen MR) is 84.6 cm³/mol. The molecule has 2 heterocycles. The molecule has 3 rings (SSSR count). The van der Waals surface area contributed by atoms with Gasteiger partial charge < -0.3 is 5.32 Å². The summed E-state index contributed by atoms with van der Waals surface area (Å²) >= 11 is 0. The van der Waals surface area contributed by atoms with Crippen LogP contribution in [-0.4, -0.2) is 30.6 Å². The third-order valence-electron chi connectivity index (χ3n) is 3.17. The summed E-state index contributed by atoms with van der Waals surface area (Å²) in [6.45, 7) is 0. The predicted octanol–water partition coefficient (Wildman–Crippen LogP) is 1.75. The maximum Gasteiger partial charge on any atom is 0.269 e. The Morgan fingerprint density at radius 2 is 2.04 bits per heavy atom. The van der Waals surface area contributed by atoms with Crippen LogP contribution in [-0.2, 0) is 11.2 Å². The van der Waals surface area contributed by atoms with Gasteiger partial charge in [-0.05, 0) is 11.6 Å². The molecule has 0 fully saturated rings. The van der Waals surface area contributed by atoms with Crippen molar-refractivity contribution in [2.45, 2.75) is 6.42 Å². The second-order valence-electron chi connectivity index (χ2n) is 4.86. The smallest absolute Gasteiger partial charge is 0.269 e. The fraction of sp³-hybridized carbons (Fsp3) is 0.0667. The van der Waals surface area contributed by atoms with E-state index >= 15 is 0 Å². The number of non-ortho nitro benzene ring substituents is 1. The molecule has 0 saturated heterocycles. The van der Waals surface area contributed by atoms with E-state index in [9.17, 15) is 14.9 Å². The summed E-state index contributed by atoms with van der Waals surface area (Å²) in [5, 5.41) is 17.3. The van der Waals surface area contributed by atoms with E-state index in [4.69, 9.17) is 0 Å². The van der Waals surface area contributed by atoms with Gasteiger partial charge in [0, 0.05) is 30.6 Å². The van der Waals surface area contributed by atoms with Crippen molar-refractivity contribution in [2.24, 2.45) is 0 Å². The highest BCUT2D eigenvalue weighted by Gasteiger charge is 2.09. The minimum Gasteiger partial charge on any atom is -0.310 e. The number of rotatable bonds is 5. The van der Waals surface area contributed by atoms with Crippen LogP contribution in [0.25, 0.3) is 5.82 Å².